The summed E-state index contributed by atoms with van der Waals surface area (Å²) in [6.45, 7) is 3.55. The molecular weight excluding hydrogens is 461 g/mol. The summed E-state index contributed by atoms with van der Waals surface area (Å²) < 4.78 is 44.6. The number of hydrogen-bond acceptors (Lipinski definition) is 5. The van der Waals surface area contributed by atoms with Crippen molar-refractivity contribution in [1.29, 1.82) is 0 Å². The Bertz CT molecular complexity index is 1080. The van der Waals surface area contributed by atoms with Crippen LogP contribution in [-0.4, -0.2) is 57.6 Å². The first-order valence-corrected chi connectivity index (χ1v) is 12.8. The number of sulfonamides is 1. The number of nitrogens with zero attached hydrogens (tertiary/aromatic N) is 2. The number of rotatable bonds is 12. The van der Waals surface area contributed by atoms with Gasteiger partial charge in [0.2, 0.25) is 21.8 Å². The summed E-state index contributed by atoms with van der Waals surface area (Å²) in [5.41, 5.74) is 0.868. The first-order chi connectivity index (χ1) is 16.1. The minimum Gasteiger partial charge on any atom is -0.497 e. The summed E-state index contributed by atoms with van der Waals surface area (Å²) in [4.78, 5) is 27.4. The molecule has 0 aliphatic heterocycles. The highest BCUT2D eigenvalue weighted by atomic mass is 32.2. The zero-order valence-electron chi connectivity index (χ0n) is 20.0. The largest absolute Gasteiger partial charge is 0.497 e. The van der Waals surface area contributed by atoms with Crippen molar-refractivity contribution in [2.24, 2.45) is 0 Å². The summed E-state index contributed by atoms with van der Waals surface area (Å²) in [6.07, 6.45) is 2.70. The summed E-state index contributed by atoms with van der Waals surface area (Å²) in [5.74, 6) is -0.911. The van der Waals surface area contributed by atoms with Crippen LogP contribution in [0, 0.1) is 5.82 Å². The monoisotopic (exact) mass is 493 g/mol. The smallest absolute Gasteiger partial charge is 0.244 e. The van der Waals surface area contributed by atoms with E-state index in [1.807, 2.05) is 6.92 Å². The molecule has 0 aromatic heterocycles. The standard InChI is InChI=1S/C24H32FN3O5S/c1-5-6-14-26-24(30)18(2)27(16-19-10-12-20(25)13-11-19)23(29)17-28(34(4,31)32)21-8-7-9-22(15-21)33-3/h7-13,15,18H,5-6,14,16-17H2,1-4H3,(H,26,30). The molecule has 0 radical (unpaired) electrons. The number of amides is 2. The van der Waals surface area contributed by atoms with Gasteiger partial charge >= 0.3 is 0 Å². The predicted molar refractivity (Wildman–Crippen MR) is 130 cm³/mol. The molecule has 1 unspecified atom stereocenters. The summed E-state index contributed by atoms with van der Waals surface area (Å²) >= 11 is 0. The molecule has 0 aliphatic rings. The third-order valence-electron chi connectivity index (χ3n) is 5.28. The van der Waals surface area contributed by atoms with E-state index in [1.165, 1.54) is 42.3 Å². The number of halogens is 1. The fraction of sp³-hybridized carbons (Fsp3) is 0.417. The van der Waals surface area contributed by atoms with Crippen LogP contribution >= 0.6 is 0 Å². The number of nitrogens with one attached hydrogen (secondary N) is 1. The highest BCUT2D eigenvalue weighted by Gasteiger charge is 2.30. The van der Waals surface area contributed by atoms with Gasteiger partial charge in [0.1, 0.15) is 24.2 Å². The Hall–Kier alpha value is -3.14. The lowest BCUT2D eigenvalue weighted by Gasteiger charge is -2.31. The van der Waals surface area contributed by atoms with Crippen molar-refractivity contribution in [3.63, 3.8) is 0 Å². The molecule has 186 valence electrons. The van der Waals surface area contributed by atoms with Gasteiger partial charge in [0.15, 0.2) is 0 Å². The van der Waals surface area contributed by atoms with E-state index in [0.717, 1.165) is 23.4 Å². The second-order valence-corrected chi connectivity index (χ2v) is 9.85. The van der Waals surface area contributed by atoms with Crippen LogP contribution in [0.4, 0.5) is 10.1 Å². The maximum Gasteiger partial charge on any atom is 0.244 e. The van der Waals surface area contributed by atoms with Crippen molar-refractivity contribution < 1.29 is 27.1 Å². The Morgan fingerprint density at radius 1 is 1.15 bits per heavy atom. The van der Waals surface area contributed by atoms with Crippen molar-refractivity contribution in [1.82, 2.24) is 10.2 Å². The van der Waals surface area contributed by atoms with Gasteiger partial charge in [-0.1, -0.05) is 31.5 Å². The lowest BCUT2D eigenvalue weighted by molar-refractivity contribution is -0.139. The van der Waals surface area contributed by atoms with Crippen LogP contribution in [0.2, 0.25) is 0 Å². The maximum atomic E-state index is 13.4. The molecule has 0 aliphatic carbocycles. The van der Waals surface area contributed by atoms with Gasteiger partial charge < -0.3 is 15.0 Å². The number of anilines is 1. The molecule has 2 aromatic rings. The fourth-order valence-corrected chi connectivity index (χ4v) is 4.13. The Morgan fingerprint density at radius 2 is 1.82 bits per heavy atom. The molecule has 0 spiro atoms. The number of carbonyl (C=O) groups excluding carboxylic acids is 2. The summed E-state index contributed by atoms with van der Waals surface area (Å²) in [5, 5.41) is 2.80. The molecule has 1 N–H and O–H groups in total. The Kier molecular flexibility index (Phi) is 9.85. The number of benzene rings is 2. The van der Waals surface area contributed by atoms with E-state index >= 15 is 0 Å². The van der Waals surface area contributed by atoms with Crippen molar-refractivity contribution in [3.8, 4) is 5.75 Å². The van der Waals surface area contributed by atoms with Gasteiger partial charge in [0.25, 0.3) is 0 Å². The van der Waals surface area contributed by atoms with E-state index in [-0.39, 0.29) is 18.1 Å². The zero-order chi connectivity index (χ0) is 25.3. The van der Waals surface area contributed by atoms with Crippen LogP contribution in [0.5, 0.6) is 5.75 Å². The second-order valence-electron chi connectivity index (χ2n) is 7.94. The van der Waals surface area contributed by atoms with E-state index in [1.54, 1.807) is 25.1 Å². The molecule has 0 saturated heterocycles. The minimum absolute atomic E-state index is 0.0111. The van der Waals surface area contributed by atoms with Gasteiger partial charge in [-0.05, 0) is 43.2 Å². The van der Waals surface area contributed by atoms with Crippen LogP contribution in [0.3, 0.4) is 0 Å². The zero-order valence-corrected chi connectivity index (χ0v) is 20.8. The molecule has 34 heavy (non-hydrogen) atoms. The maximum absolute atomic E-state index is 13.4. The predicted octanol–water partition coefficient (Wildman–Crippen LogP) is 2.93. The molecule has 0 heterocycles. The van der Waals surface area contributed by atoms with Crippen LogP contribution < -0.4 is 14.4 Å². The SMILES string of the molecule is CCCCNC(=O)C(C)N(Cc1ccc(F)cc1)C(=O)CN(c1cccc(OC)c1)S(C)(=O)=O. The van der Waals surface area contributed by atoms with Gasteiger partial charge in [-0.25, -0.2) is 12.8 Å². The van der Waals surface area contributed by atoms with Crippen LogP contribution in [0.1, 0.15) is 32.3 Å². The lowest BCUT2D eigenvalue weighted by atomic mass is 10.1. The highest BCUT2D eigenvalue weighted by molar-refractivity contribution is 7.92. The molecule has 2 aromatic carbocycles. The van der Waals surface area contributed by atoms with Crippen LogP contribution in [0.15, 0.2) is 48.5 Å². The molecule has 2 amide bonds. The number of ether oxygens (including phenoxy) is 1. The molecule has 8 nitrogen and oxygen atoms in total. The van der Waals surface area contributed by atoms with Crippen molar-refractivity contribution in [2.45, 2.75) is 39.3 Å². The van der Waals surface area contributed by atoms with E-state index in [0.29, 0.717) is 17.9 Å². The normalized spacial score (nSPS) is 12.0. The molecule has 10 heteroatoms. The number of unbranched alkanes of at least 4 members (excludes halogenated alkanes) is 1. The van der Waals surface area contributed by atoms with Gasteiger partial charge in [-0.3, -0.25) is 13.9 Å². The fourth-order valence-electron chi connectivity index (χ4n) is 3.28. The van der Waals surface area contributed by atoms with E-state index < -0.39 is 34.3 Å². The third kappa shape index (κ3) is 7.72. The first kappa shape index (κ1) is 27.1. The van der Waals surface area contributed by atoms with E-state index in [9.17, 15) is 22.4 Å². The van der Waals surface area contributed by atoms with Crippen LogP contribution in [0.25, 0.3) is 0 Å². The van der Waals surface area contributed by atoms with Crippen molar-refractivity contribution >= 4 is 27.5 Å². The highest BCUT2D eigenvalue weighted by Crippen LogP contribution is 2.23. The van der Waals surface area contributed by atoms with Gasteiger partial charge in [0, 0.05) is 19.2 Å². The first-order valence-electron chi connectivity index (χ1n) is 11.0. The van der Waals surface area contributed by atoms with E-state index in [2.05, 4.69) is 5.32 Å². The molecule has 0 fully saturated rings. The van der Waals surface area contributed by atoms with Gasteiger partial charge in [0.05, 0.1) is 19.1 Å². The van der Waals surface area contributed by atoms with E-state index in [4.69, 9.17) is 4.74 Å². The lowest BCUT2D eigenvalue weighted by Crippen LogP contribution is -2.51. The molecule has 1 atom stereocenters. The summed E-state index contributed by atoms with van der Waals surface area (Å²) in [6, 6.07) is 11.1. The average Bonchev–Trinajstić information content (AvgIpc) is 2.80. The van der Waals surface area contributed by atoms with Gasteiger partial charge in [-0.2, -0.15) is 0 Å². The second kappa shape index (κ2) is 12.4. The average molecular weight is 494 g/mol. The minimum atomic E-state index is -3.83. The summed E-state index contributed by atoms with van der Waals surface area (Å²) in [7, 11) is -2.38. The van der Waals surface area contributed by atoms with Gasteiger partial charge in [-0.15, -0.1) is 0 Å². The quantitative estimate of drug-likeness (QED) is 0.459. The van der Waals surface area contributed by atoms with Crippen molar-refractivity contribution in [2.75, 3.05) is 30.8 Å². The Morgan fingerprint density at radius 3 is 2.41 bits per heavy atom. The molecule has 0 bridgehead atoms. The van der Waals surface area contributed by atoms with Crippen LogP contribution in [-0.2, 0) is 26.2 Å². The number of carbonyl (C=O) groups is 2. The number of methoxy groups -OCH3 is 1. The number of hydrogen-bond donors (Lipinski definition) is 1. The Labute approximate surface area is 200 Å². The molecule has 2 rings (SSSR count). The molecular formula is C24H32FN3O5S. The third-order valence-corrected chi connectivity index (χ3v) is 6.42. The molecule has 0 saturated carbocycles. The Balaban J connectivity index is 2.35. The topological polar surface area (TPSA) is 96.0 Å². The van der Waals surface area contributed by atoms with Crippen molar-refractivity contribution in [3.05, 3.63) is 59.9 Å².